The first-order chi connectivity index (χ1) is 12.1. The topological polar surface area (TPSA) is 71.9 Å². The summed E-state index contributed by atoms with van der Waals surface area (Å²) in [6, 6.07) is 17.6. The molecular formula is C19H12FN3O2. The molecule has 0 N–H and O–H groups in total. The molecule has 122 valence electrons. The first kappa shape index (κ1) is 16.1. The Morgan fingerprint density at radius 3 is 2.40 bits per heavy atom. The van der Waals surface area contributed by atoms with Crippen LogP contribution in [0.1, 0.15) is 11.3 Å². The van der Waals surface area contributed by atoms with Gasteiger partial charge in [-0.2, -0.15) is 5.26 Å². The Morgan fingerprint density at radius 1 is 1.12 bits per heavy atom. The fourth-order valence-corrected chi connectivity index (χ4v) is 2.44. The van der Waals surface area contributed by atoms with Crippen LogP contribution in [0.2, 0.25) is 0 Å². The summed E-state index contributed by atoms with van der Waals surface area (Å²) in [5, 5.41) is 20.2. The number of allylic oxidation sites excluding steroid dienone is 1. The summed E-state index contributed by atoms with van der Waals surface area (Å²) in [7, 11) is 0. The Morgan fingerprint density at radius 2 is 1.80 bits per heavy atom. The van der Waals surface area contributed by atoms with Crippen LogP contribution < -0.4 is 0 Å². The highest BCUT2D eigenvalue weighted by molar-refractivity contribution is 5.89. The maximum atomic E-state index is 13.1. The van der Waals surface area contributed by atoms with E-state index in [1.54, 1.807) is 30.3 Å². The van der Waals surface area contributed by atoms with Crippen LogP contribution in [0.5, 0.6) is 0 Å². The molecule has 6 heteroatoms. The van der Waals surface area contributed by atoms with E-state index < -0.39 is 4.92 Å². The summed E-state index contributed by atoms with van der Waals surface area (Å²) in [5.41, 5.74) is 2.42. The van der Waals surface area contributed by atoms with Gasteiger partial charge in [-0.1, -0.05) is 0 Å². The zero-order valence-electron chi connectivity index (χ0n) is 13.0. The minimum atomic E-state index is -0.487. The predicted molar refractivity (Wildman–Crippen MR) is 92.3 cm³/mol. The molecule has 0 spiro atoms. The molecule has 5 nitrogen and oxygen atoms in total. The Balaban J connectivity index is 1.99. The standard InChI is InChI=1S/C19H12FN3O2/c20-16-5-9-17(10-6-16)22-11-1-2-19(22)12-15(13-21)14-3-7-18(8-4-14)23(24)25/h1-12H/b15-12-. The van der Waals surface area contributed by atoms with Crippen LogP contribution in [0.4, 0.5) is 10.1 Å². The van der Waals surface area contributed by atoms with Crippen molar-refractivity contribution in [1.29, 1.82) is 5.26 Å². The molecule has 3 aromatic rings. The molecular weight excluding hydrogens is 321 g/mol. The number of nitrogens with zero attached hydrogens (tertiary/aromatic N) is 3. The lowest BCUT2D eigenvalue weighted by Crippen LogP contribution is -1.95. The fourth-order valence-electron chi connectivity index (χ4n) is 2.44. The summed E-state index contributed by atoms with van der Waals surface area (Å²) in [6.07, 6.45) is 3.49. The second-order valence-corrected chi connectivity index (χ2v) is 5.25. The minimum absolute atomic E-state index is 0.0317. The van der Waals surface area contributed by atoms with Gasteiger partial charge in [0, 0.05) is 29.7 Å². The summed E-state index contributed by atoms with van der Waals surface area (Å²) in [5.74, 6) is -0.323. The van der Waals surface area contributed by atoms with Gasteiger partial charge in [0.1, 0.15) is 5.82 Å². The van der Waals surface area contributed by atoms with Crippen LogP contribution in [-0.4, -0.2) is 9.49 Å². The van der Waals surface area contributed by atoms with Gasteiger partial charge in [-0.15, -0.1) is 0 Å². The molecule has 0 fully saturated rings. The highest BCUT2D eigenvalue weighted by atomic mass is 19.1. The molecule has 0 unspecified atom stereocenters. The number of nitro groups is 1. The predicted octanol–water partition coefficient (Wildman–Crippen LogP) is 4.59. The molecule has 0 atom stereocenters. The molecule has 0 saturated carbocycles. The number of rotatable bonds is 4. The zero-order chi connectivity index (χ0) is 17.8. The van der Waals surface area contributed by atoms with Gasteiger partial charge in [0.05, 0.1) is 16.6 Å². The Kier molecular flexibility index (Phi) is 4.40. The minimum Gasteiger partial charge on any atom is -0.317 e. The smallest absolute Gasteiger partial charge is 0.269 e. The van der Waals surface area contributed by atoms with Crippen molar-refractivity contribution in [2.45, 2.75) is 0 Å². The summed E-state index contributed by atoms with van der Waals surface area (Å²) >= 11 is 0. The Labute approximate surface area is 143 Å². The average molecular weight is 333 g/mol. The van der Waals surface area contributed by atoms with E-state index in [2.05, 4.69) is 6.07 Å². The summed E-state index contributed by atoms with van der Waals surface area (Å²) in [4.78, 5) is 10.2. The fraction of sp³-hybridized carbons (Fsp3) is 0. The van der Waals surface area contributed by atoms with Crippen LogP contribution >= 0.6 is 0 Å². The van der Waals surface area contributed by atoms with E-state index in [4.69, 9.17) is 0 Å². The Bertz CT molecular complexity index is 981. The number of nitriles is 1. The van der Waals surface area contributed by atoms with Gasteiger partial charge in [-0.05, 0) is 60.2 Å². The van der Waals surface area contributed by atoms with Gasteiger partial charge in [-0.25, -0.2) is 4.39 Å². The molecule has 1 heterocycles. The number of non-ortho nitro benzene ring substituents is 1. The van der Waals surface area contributed by atoms with Crippen LogP contribution in [0.25, 0.3) is 17.3 Å². The van der Waals surface area contributed by atoms with Gasteiger partial charge >= 0.3 is 0 Å². The largest absolute Gasteiger partial charge is 0.317 e. The van der Waals surface area contributed by atoms with E-state index >= 15 is 0 Å². The molecule has 1 aromatic heterocycles. The first-order valence-electron chi connectivity index (χ1n) is 7.38. The third-order valence-corrected chi connectivity index (χ3v) is 3.69. The first-order valence-corrected chi connectivity index (χ1v) is 7.38. The Hall–Kier alpha value is -3.72. The number of benzene rings is 2. The van der Waals surface area contributed by atoms with Crippen LogP contribution in [-0.2, 0) is 0 Å². The summed E-state index contributed by atoms with van der Waals surface area (Å²) < 4.78 is 14.9. The lowest BCUT2D eigenvalue weighted by atomic mass is 10.1. The van der Waals surface area contributed by atoms with Gasteiger partial charge in [-0.3, -0.25) is 10.1 Å². The van der Waals surface area contributed by atoms with Gasteiger partial charge in [0.2, 0.25) is 0 Å². The monoisotopic (exact) mass is 333 g/mol. The molecule has 0 amide bonds. The maximum Gasteiger partial charge on any atom is 0.269 e. The van der Waals surface area contributed by atoms with Crippen molar-refractivity contribution in [2.75, 3.05) is 0 Å². The van der Waals surface area contributed by atoms with E-state index in [-0.39, 0.29) is 11.5 Å². The molecule has 0 aliphatic rings. The maximum absolute atomic E-state index is 13.1. The van der Waals surface area contributed by atoms with E-state index in [1.165, 1.54) is 24.3 Å². The lowest BCUT2D eigenvalue weighted by molar-refractivity contribution is -0.384. The van der Waals surface area contributed by atoms with Crippen molar-refractivity contribution in [3.8, 4) is 11.8 Å². The van der Waals surface area contributed by atoms with Crippen molar-refractivity contribution in [3.05, 3.63) is 94.0 Å². The SMILES string of the molecule is N#C/C(=C/c1cccn1-c1ccc(F)cc1)c1ccc([N+](=O)[O-])cc1. The van der Waals surface area contributed by atoms with Crippen molar-refractivity contribution in [3.63, 3.8) is 0 Å². The molecule has 0 bridgehead atoms. The highest BCUT2D eigenvalue weighted by Crippen LogP contribution is 2.22. The molecule has 0 aliphatic heterocycles. The third-order valence-electron chi connectivity index (χ3n) is 3.69. The second kappa shape index (κ2) is 6.81. The quantitative estimate of drug-likeness (QED) is 0.398. The van der Waals surface area contributed by atoms with Crippen LogP contribution in [0, 0.1) is 27.3 Å². The van der Waals surface area contributed by atoms with Gasteiger partial charge in [0.25, 0.3) is 5.69 Å². The van der Waals surface area contributed by atoms with E-state index in [9.17, 15) is 19.8 Å². The summed E-state index contributed by atoms with van der Waals surface area (Å²) in [6.45, 7) is 0. The van der Waals surface area contributed by atoms with Gasteiger partial charge < -0.3 is 4.57 Å². The van der Waals surface area contributed by atoms with Crippen molar-refractivity contribution < 1.29 is 9.31 Å². The average Bonchev–Trinajstić information content (AvgIpc) is 3.08. The molecule has 0 aliphatic carbocycles. The number of halogens is 1. The van der Waals surface area contributed by atoms with E-state index in [0.29, 0.717) is 11.1 Å². The lowest BCUT2D eigenvalue weighted by Gasteiger charge is -2.07. The molecule has 25 heavy (non-hydrogen) atoms. The second-order valence-electron chi connectivity index (χ2n) is 5.25. The van der Waals surface area contributed by atoms with E-state index in [0.717, 1.165) is 11.4 Å². The van der Waals surface area contributed by atoms with Crippen molar-refractivity contribution >= 4 is 17.3 Å². The van der Waals surface area contributed by atoms with Crippen LogP contribution in [0.15, 0.2) is 66.9 Å². The highest BCUT2D eigenvalue weighted by Gasteiger charge is 2.08. The van der Waals surface area contributed by atoms with Gasteiger partial charge in [0.15, 0.2) is 0 Å². The molecule has 2 aromatic carbocycles. The zero-order valence-corrected chi connectivity index (χ0v) is 13.0. The number of nitro benzene ring substituents is 1. The third kappa shape index (κ3) is 3.46. The van der Waals surface area contributed by atoms with E-state index in [1.807, 2.05) is 22.9 Å². The number of hydrogen-bond acceptors (Lipinski definition) is 3. The van der Waals surface area contributed by atoms with Crippen molar-refractivity contribution in [1.82, 2.24) is 4.57 Å². The van der Waals surface area contributed by atoms with Crippen LogP contribution in [0.3, 0.4) is 0 Å². The molecule has 0 radical (unpaired) electrons. The normalized spacial score (nSPS) is 11.1. The molecule has 3 rings (SSSR count). The number of hydrogen-bond donors (Lipinski definition) is 0. The number of aromatic nitrogens is 1. The molecule has 0 saturated heterocycles. The van der Waals surface area contributed by atoms with Crippen molar-refractivity contribution in [2.24, 2.45) is 0 Å².